The van der Waals surface area contributed by atoms with Gasteiger partial charge < -0.3 is 24.6 Å². The fourth-order valence-corrected chi connectivity index (χ4v) is 17.9. The molecule has 0 aromatic heterocycles. The minimum absolute atomic E-state index is 0.0236. The van der Waals surface area contributed by atoms with E-state index in [2.05, 4.69) is 50.8 Å². The van der Waals surface area contributed by atoms with Gasteiger partial charge in [0.25, 0.3) is 5.91 Å². The Balaban J connectivity index is 0.998. The van der Waals surface area contributed by atoms with Gasteiger partial charge in [0.15, 0.2) is 11.4 Å². The van der Waals surface area contributed by atoms with Crippen molar-refractivity contribution in [2.24, 2.45) is 67.5 Å². The highest BCUT2D eigenvalue weighted by Gasteiger charge is 2.78. The molecule has 8 bridgehead atoms. The van der Waals surface area contributed by atoms with Gasteiger partial charge in [-0.3, -0.25) is 14.4 Å². The average Bonchev–Trinajstić information content (AvgIpc) is 3.64. The van der Waals surface area contributed by atoms with Crippen LogP contribution in [0.5, 0.6) is 5.75 Å². The molecule has 10 unspecified atom stereocenters. The number of carbonyl (C=O) groups is 3. The molecule has 8 heteroatoms. The second-order valence-corrected chi connectivity index (χ2v) is 23.6. The number of nitrogens with zero attached hydrogens (tertiary/aromatic N) is 1. The molecule has 59 heavy (non-hydrogen) atoms. The quantitative estimate of drug-likeness (QED) is 0.154. The Hall–Kier alpha value is -2.97. The van der Waals surface area contributed by atoms with E-state index >= 15 is 9.59 Å². The highest BCUT2D eigenvalue weighted by Crippen LogP contribution is 2.79. The number of hydrogen-bond acceptors (Lipinski definition) is 7. The van der Waals surface area contributed by atoms with Crippen molar-refractivity contribution in [3.63, 3.8) is 0 Å². The number of ether oxygens (including phenoxy) is 2. The number of ketones is 1. The minimum atomic E-state index is -1.24. The molecule has 13 rings (SSSR count). The van der Waals surface area contributed by atoms with Crippen molar-refractivity contribution in [3.8, 4) is 5.75 Å². The van der Waals surface area contributed by atoms with Crippen molar-refractivity contribution >= 4 is 17.7 Å². The molecule has 12 aliphatic rings. The molecule has 11 aliphatic carbocycles. The number of benzene rings is 1. The Morgan fingerprint density at radius 3 is 2.03 bits per heavy atom. The first kappa shape index (κ1) is 38.9. The van der Waals surface area contributed by atoms with Gasteiger partial charge in [0.1, 0.15) is 5.75 Å². The van der Waals surface area contributed by atoms with Gasteiger partial charge in [0.2, 0.25) is 0 Å². The zero-order valence-corrected chi connectivity index (χ0v) is 36.4. The van der Waals surface area contributed by atoms with Crippen molar-refractivity contribution in [1.82, 2.24) is 4.90 Å². The SMILES string of the molecule is COc1ccc(C(=O)C2=CC34C=CC25C(CCC2(C)C5CCC2(O)CN(CC25CC6CC(CC(C6)C2)C5)C(=O)C25CCC(C)(C(=O)O2)C5(C)C)C3(C)CCC(O)C4)cc1. The zero-order chi connectivity index (χ0) is 41.4. The summed E-state index contributed by atoms with van der Waals surface area (Å²) < 4.78 is 11.8. The standard InChI is InChI=1S/C51H67NO7/c1-43(2)46(5)17-20-51(43,59-42(46)56)41(55)52(29-47-24-31-21-32(25-47)23-33(22-31)26-47)30-49(57)16-13-39-45(49,4)15-12-38-44(3)14-11-35(53)27-48(44)18-19-50(38,39)37(28-48)40(54)34-7-9-36(58-6)10-8-34/h7-10,18-19,28,31-33,35,38-39,53,57H,11-17,20-27,29-30H2,1-6H3. The van der Waals surface area contributed by atoms with E-state index in [4.69, 9.17) is 9.47 Å². The van der Waals surface area contributed by atoms with Gasteiger partial charge in [0.05, 0.1) is 30.8 Å². The van der Waals surface area contributed by atoms with E-state index in [1.807, 2.05) is 31.2 Å². The number of esters is 1. The van der Waals surface area contributed by atoms with Crippen LogP contribution < -0.4 is 4.74 Å². The Bertz CT molecular complexity index is 2050. The summed E-state index contributed by atoms with van der Waals surface area (Å²) in [7, 11) is 1.63. The van der Waals surface area contributed by atoms with Crippen LogP contribution in [0.3, 0.4) is 0 Å². The first-order valence-corrected chi connectivity index (χ1v) is 23.4. The van der Waals surface area contributed by atoms with Crippen LogP contribution in [0.1, 0.15) is 141 Å². The molecule has 8 nitrogen and oxygen atoms in total. The third kappa shape index (κ3) is 4.62. The maximum Gasteiger partial charge on any atom is 0.313 e. The number of hydrogen-bond donors (Lipinski definition) is 2. The van der Waals surface area contributed by atoms with Crippen LogP contribution in [-0.2, 0) is 14.3 Å². The third-order valence-corrected chi connectivity index (χ3v) is 21.2. The van der Waals surface area contributed by atoms with E-state index in [0.717, 1.165) is 56.9 Å². The van der Waals surface area contributed by atoms with Crippen LogP contribution in [0, 0.1) is 67.5 Å². The number of Topliss-reactive ketones (excluding diaryl/α,β-unsaturated/α-hetero) is 1. The summed E-state index contributed by atoms with van der Waals surface area (Å²) >= 11 is 0. The van der Waals surface area contributed by atoms with Gasteiger partial charge in [0, 0.05) is 39.3 Å². The lowest BCUT2D eigenvalue weighted by molar-refractivity contribution is -0.191. The summed E-state index contributed by atoms with van der Waals surface area (Å²) in [5, 5.41) is 24.9. The smallest absolute Gasteiger partial charge is 0.313 e. The molecule has 1 amide bonds. The first-order valence-electron chi connectivity index (χ1n) is 23.4. The number of rotatable bonds is 8. The molecule has 2 N–H and O–H groups in total. The Morgan fingerprint density at radius 1 is 0.797 bits per heavy atom. The zero-order valence-electron chi connectivity index (χ0n) is 36.4. The molecule has 0 radical (unpaired) electrons. The predicted molar refractivity (Wildman–Crippen MR) is 223 cm³/mol. The molecule has 10 atom stereocenters. The molecule has 1 aromatic carbocycles. The van der Waals surface area contributed by atoms with E-state index in [-0.39, 0.29) is 46.9 Å². The molecule has 1 saturated heterocycles. The summed E-state index contributed by atoms with van der Waals surface area (Å²) in [4.78, 5) is 46.5. The van der Waals surface area contributed by atoms with Gasteiger partial charge in [-0.1, -0.05) is 45.9 Å². The molecule has 1 aromatic rings. The van der Waals surface area contributed by atoms with Crippen LogP contribution in [-0.4, -0.2) is 70.3 Å². The Labute approximate surface area is 350 Å². The third-order valence-electron chi connectivity index (χ3n) is 21.2. The van der Waals surface area contributed by atoms with E-state index < -0.39 is 44.4 Å². The van der Waals surface area contributed by atoms with Crippen LogP contribution >= 0.6 is 0 Å². The maximum absolute atomic E-state index is 15.7. The van der Waals surface area contributed by atoms with Crippen molar-refractivity contribution in [3.05, 3.63) is 53.6 Å². The number of aliphatic hydroxyl groups is 2. The Kier molecular flexibility index (Phi) is 7.87. The summed E-state index contributed by atoms with van der Waals surface area (Å²) in [6.45, 7) is 11.6. The second-order valence-electron chi connectivity index (χ2n) is 23.6. The van der Waals surface area contributed by atoms with Crippen molar-refractivity contribution < 1.29 is 34.1 Å². The number of allylic oxidation sites excluding steroid dienone is 4. The van der Waals surface area contributed by atoms with Crippen molar-refractivity contribution in [2.75, 3.05) is 20.2 Å². The number of fused-ring (bicyclic) bond motifs is 3. The number of methoxy groups -OCH3 is 1. The highest BCUT2D eigenvalue weighted by atomic mass is 16.6. The van der Waals surface area contributed by atoms with Gasteiger partial charge in [-0.25, -0.2) is 0 Å². The minimum Gasteiger partial charge on any atom is -0.497 e. The molecule has 8 saturated carbocycles. The largest absolute Gasteiger partial charge is 0.497 e. The molecule has 2 spiro atoms. The highest BCUT2D eigenvalue weighted by molar-refractivity contribution is 6.10. The summed E-state index contributed by atoms with van der Waals surface area (Å²) in [5.74, 6) is 2.65. The maximum atomic E-state index is 15.7. The van der Waals surface area contributed by atoms with Crippen molar-refractivity contribution in [2.45, 2.75) is 148 Å². The number of aliphatic hydroxyl groups excluding tert-OH is 1. The van der Waals surface area contributed by atoms with Gasteiger partial charge in [-0.05, 0) is 168 Å². The summed E-state index contributed by atoms with van der Waals surface area (Å²) in [5.41, 5.74) is -4.12. The van der Waals surface area contributed by atoms with Crippen molar-refractivity contribution in [1.29, 1.82) is 0 Å². The molecule has 9 fully saturated rings. The van der Waals surface area contributed by atoms with Gasteiger partial charge in [-0.15, -0.1) is 0 Å². The van der Waals surface area contributed by atoms with Gasteiger partial charge >= 0.3 is 5.97 Å². The molecular weight excluding hydrogens is 739 g/mol. The lowest BCUT2D eigenvalue weighted by atomic mass is 9.32. The lowest BCUT2D eigenvalue weighted by Gasteiger charge is -2.71. The van der Waals surface area contributed by atoms with Crippen LogP contribution in [0.4, 0.5) is 0 Å². The van der Waals surface area contributed by atoms with E-state index in [0.29, 0.717) is 61.3 Å². The monoisotopic (exact) mass is 805 g/mol. The first-order chi connectivity index (χ1) is 27.8. The predicted octanol–water partition coefficient (Wildman–Crippen LogP) is 8.64. The normalized spacial score (nSPS) is 50.2. The van der Waals surface area contributed by atoms with Gasteiger partial charge in [-0.2, -0.15) is 0 Å². The fraction of sp³-hybridized carbons (Fsp3) is 0.745. The van der Waals surface area contributed by atoms with Crippen LogP contribution in [0.15, 0.2) is 48.1 Å². The van der Waals surface area contributed by atoms with E-state index in [1.54, 1.807) is 7.11 Å². The average molecular weight is 806 g/mol. The number of amides is 1. The van der Waals surface area contributed by atoms with Crippen LogP contribution in [0.25, 0.3) is 0 Å². The Morgan fingerprint density at radius 2 is 1.42 bits per heavy atom. The second kappa shape index (κ2) is 11.9. The van der Waals surface area contributed by atoms with E-state index in [9.17, 15) is 15.0 Å². The topological polar surface area (TPSA) is 113 Å². The molecule has 1 aliphatic heterocycles. The number of carbonyl (C=O) groups excluding carboxylic acids is 3. The van der Waals surface area contributed by atoms with Crippen LogP contribution in [0.2, 0.25) is 0 Å². The summed E-state index contributed by atoms with van der Waals surface area (Å²) in [6, 6.07) is 7.46. The molecular formula is C51H67NO7. The molecule has 1 heterocycles. The molecule has 318 valence electrons. The van der Waals surface area contributed by atoms with E-state index in [1.165, 1.54) is 19.3 Å². The lowest BCUT2D eigenvalue weighted by Crippen LogP contribution is -2.68. The summed E-state index contributed by atoms with van der Waals surface area (Å²) in [6.07, 6.45) is 20.3. The fourth-order valence-electron chi connectivity index (χ4n) is 17.9.